The van der Waals surface area contributed by atoms with Crippen molar-refractivity contribution in [2.75, 3.05) is 6.54 Å². The second kappa shape index (κ2) is 6.99. The van der Waals surface area contributed by atoms with Crippen LogP contribution in [0.3, 0.4) is 0 Å². The van der Waals surface area contributed by atoms with Gasteiger partial charge in [-0.2, -0.15) is 13.2 Å². The Balaban J connectivity index is 2.75. The SMILES string of the molecule is O=C(O)NNC(Cc1ccc(Cl)cc1)=NCC(F)(F)F. The number of alkyl halides is 3. The number of halogens is 4. The highest BCUT2D eigenvalue weighted by atomic mass is 35.5. The Morgan fingerprint density at radius 3 is 2.35 bits per heavy atom. The lowest BCUT2D eigenvalue weighted by molar-refractivity contribution is -0.118. The van der Waals surface area contributed by atoms with Gasteiger partial charge in [-0.25, -0.2) is 10.2 Å². The Hall–Kier alpha value is -1.96. The first-order valence-corrected chi connectivity index (χ1v) is 5.73. The fraction of sp³-hybridized carbons (Fsp3) is 0.273. The molecule has 0 aliphatic rings. The monoisotopic (exact) mass is 309 g/mol. The topological polar surface area (TPSA) is 73.7 Å². The third kappa shape index (κ3) is 6.83. The van der Waals surface area contributed by atoms with Crippen molar-refractivity contribution in [3.63, 3.8) is 0 Å². The minimum atomic E-state index is -4.46. The zero-order valence-corrected chi connectivity index (χ0v) is 10.8. The van der Waals surface area contributed by atoms with Crippen LogP contribution >= 0.6 is 11.6 Å². The molecular weight excluding hydrogens is 299 g/mol. The number of hydrogen-bond donors (Lipinski definition) is 3. The number of amides is 1. The first-order chi connectivity index (χ1) is 9.26. The minimum absolute atomic E-state index is 0.00747. The molecule has 9 heteroatoms. The first kappa shape index (κ1) is 16.1. The zero-order valence-electron chi connectivity index (χ0n) is 10.0. The molecule has 0 saturated carbocycles. The summed E-state index contributed by atoms with van der Waals surface area (Å²) in [5.41, 5.74) is 4.51. The number of carbonyl (C=O) groups is 1. The number of nitrogens with zero attached hydrogens (tertiary/aromatic N) is 1. The van der Waals surface area contributed by atoms with Gasteiger partial charge in [0.05, 0.1) is 0 Å². The molecule has 1 aromatic carbocycles. The zero-order chi connectivity index (χ0) is 15.2. The van der Waals surface area contributed by atoms with Crippen LogP contribution in [0.2, 0.25) is 5.02 Å². The van der Waals surface area contributed by atoms with Crippen molar-refractivity contribution in [2.24, 2.45) is 4.99 Å². The molecule has 0 unspecified atom stereocenters. The molecule has 0 radical (unpaired) electrons. The lowest BCUT2D eigenvalue weighted by Gasteiger charge is -2.11. The van der Waals surface area contributed by atoms with Gasteiger partial charge >= 0.3 is 12.3 Å². The van der Waals surface area contributed by atoms with Crippen molar-refractivity contribution in [3.8, 4) is 0 Å². The fourth-order valence-corrected chi connectivity index (χ4v) is 1.37. The Labute approximate surface area is 117 Å². The molecule has 0 heterocycles. The van der Waals surface area contributed by atoms with Gasteiger partial charge in [-0.15, -0.1) is 0 Å². The number of amidine groups is 1. The van der Waals surface area contributed by atoms with Crippen LogP contribution in [0, 0.1) is 0 Å². The third-order valence-electron chi connectivity index (χ3n) is 2.05. The number of hydrazine groups is 1. The van der Waals surface area contributed by atoms with Crippen molar-refractivity contribution in [2.45, 2.75) is 12.6 Å². The fourth-order valence-electron chi connectivity index (χ4n) is 1.25. The minimum Gasteiger partial charge on any atom is -0.464 e. The average Bonchev–Trinajstić information content (AvgIpc) is 2.34. The number of nitrogens with one attached hydrogen (secondary N) is 2. The predicted octanol–water partition coefficient (Wildman–Crippen LogP) is 2.62. The molecule has 1 rings (SSSR count). The van der Waals surface area contributed by atoms with Crippen molar-refractivity contribution in [1.29, 1.82) is 0 Å². The summed E-state index contributed by atoms with van der Waals surface area (Å²) >= 11 is 5.69. The molecule has 0 aliphatic heterocycles. The maximum atomic E-state index is 12.1. The van der Waals surface area contributed by atoms with E-state index in [0.29, 0.717) is 10.6 Å². The molecule has 0 fully saturated rings. The summed E-state index contributed by atoms with van der Waals surface area (Å²) in [7, 11) is 0. The lowest BCUT2D eigenvalue weighted by atomic mass is 10.1. The van der Waals surface area contributed by atoms with E-state index in [1.807, 2.05) is 0 Å². The molecular formula is C11H11ClF3N3O2. The standard InChI is InChI=1S/C11H11ClF3N3O2/c12-8-3-1-7(2-4-8)5-9(17-18-10(19)20)16-6-11(13,14)15/h1-4,18H,5-6H2,(H,16,17)(H,19,20). The second-order valence-corrected chi connectivity index (χ2v) is 4.17. The Morgan fingerprint density at radius 1 is 1.25 bits per heavy atom. The van der Waals surface area contributed by atoms with Crippen molar-refractivity contribution >= 4 is 23.5 Å². The van der Waals surface area contributed by atoms with Crippen LogP contribution in [-0.4, -0.2) is 29.8 Å². The molecule has 0 bridgehead atoms. The van der Waals surface area contributed by atoms with E-state index in [2.05, 4.69) is 10.4 Å². The van der Waals surface area contributed by atoms with Gasteiger partial charge < -0.3 is 5.11 Å². The van der Waals surface area contributed by atoms with E-state index in [9.17, 15) is 18.0 Å². The van der Waals surface area contributed by atoms with Crippen LogP contribution in [0.4, 0.5) is 18.0 Å². The summed E-state index contributed by atoms with van der Waals surface area (Å²) in [6.45, 7) is -1.40. The molecule has 0 atom stereocenters. The summed E-state index contributed by atoms with van der Waals surface area (Å²) < 4.78 is 36.4. The van der Waals surface area contributed by atoms with Gasteiger partial charge in [-0.1, -0.05) is 23.7 Å². The molecule has 1 aromatic rings. The van der Waals surface area contributed by atoms with Crippen LogP contribution < -0.4 is 10.9 Å². The largest absolute Gasteiger partial charge is 0.464 e. The Kier molecular flexibility index (Phi) is 5.63. The van der Waals surface area contributed by atoms with E-state index in [-0.39, 0.29) is 12.3 Å². The molecule has 1 amide bonds. The van der Waals surface area contributed by atoms with Crippen LogP contribution in [0.25, 0.3) is 0 Å². The Morgan fingerprint density at radius 2 is 1.85 bits per heavy atom. The van der Waals surface area contributed by atoms with Gasteiger partial charge in [0, 0.05) is 11.4 Å². The van der Waals surface area contributed by atoms with E-state index in [0.717, 1.165) is 0 Å². The normalized spacial score (nSPS) is 12.1. The molecule has 0 aromatic heterocycles. The van der Waals surface area contributed by atoms with Crippen molar-refractivity contribution in [3.05, 3.63) is 34.9 Å². The van der Waals surface area contributed by atoms with Gasteiger partial charge in [0.15, 0.2) is 0 Å². The van der Waals surface area contributed by atoms with E-state index in [4.69, 9.17) is 16.7 Å². The molecule has 0 aliphatic carbocycles. The van der Waals surface area contributed by atoms with Gasteiger partial charge in [0.2, 0.25) is 0 Å². The second-order valence-electron chi connectivity index (χ2n) is 3.74. The van der Waals surface area contributed by atoms with Crippen LogP contribution in [0.5, 0.6) is 0 Å². The van der Waals surface area contributed by atoms with Gasteiger partial charge in [-0.3, -0.25) is 10.4 Å². The highest BCUT2D eigenvalue weighted by Gasteiger charge is 2.26. The summed E-state index contributed by atoms with van der Waals surface area (Å²) in [5, 5.41) is 8.91. The summed E-state index contributed by atoms with van der Waals surface area (Å²) in [6.07, 6.45) is -5.88. The number of rotatable bonds is 3. The van der Waals surface area contributed by atoms with Gasteiger partial charge in [-0.05, 0) is 17.7 Å². The maximum absolute atomic E-state index is 12.1. The molecule has 20 heavy (non-hydrogen) atoms. The van der Waals surface area contributed by atoms with Crippen LogP contribution in [0.1, 0.15) is 5.56 Å². The predicted molar refractivity (Wildman–Crippen MR) is 67.8 cm³/mol. The number of hydrogen-bond acceptors (Lipinski definition) is 2. The molecule has 5 nitrogen and oxygen atoms in total. The van der Waals surface area contributed by atoms with Crippen molar-refractivity contribution < 1.29 is 23.1 Å². The van der Waals surface area contributed by atoms with Gasteiger partial charge in [0.1, 0.15) is 12.4 Å². The molecule has 0 spiro atoms. The maximum Gasteiger partial charge on any atom is 0.423 e. The first-order valence-electron chi connectivity index (χ1n) is 5.36. The van der Waals surface area contributed by atoms with Crippen LogP contribution in [-0.2, 0) is 6.42 Å². The highest BCUT2D eigenvalue weighted by Crippen LogP contribution is 2.15. The molecule has 3 N–H and O–H groups in total. The Bertz CT molecular complexity index is 489. The van der Waals surface area contributed by atoms with Crippen LogP contribution in [0.15, 0.2) is 29.3 Å². The quantitative estimate of drug-likeness (QED) is 0.456. The smallest absolute Gasteiger partial charge is 0.423 e. The highest BCUT2D eigenvalue weighted by molar-refractivity contribution is 6.30. The summed E-state index contributed by atoms with van der Waals surface area (Å²) in [5.74, 6) is -0.146. The molecule has 110 valence electrons. The van der Waals surface area contributed by atoms with Crippen molar-refractivity contribution in [1.82, 2.24) is 10.9 Å². The third-order valence-corrected chi connectivity index (χ3v) is 2.30. The average molecular weight is 310 g/mol. The number of aliphatic imine (C=N–C) groups is 1. The lowest BCUT2D eigenvalue weighted by Crippen LogP contribution is -2.42. The summed E-state index contributed by atoms with van der Waals surface area (Å²) in [6, 6.07) is 6.35. The van der Waals surface area contributed by atoms with E-state index >= 15 is 0 Å². The van der Waals surface area contributed by atoms with E-state index in [1.54, 1.807) is 29.7 Å². The van der Waals surface area contributed by atoms with E-state index < -0.39 is 18.8 Å². The number of benzene rings is 1. The number of carboxylic acid groups (broad SMARTS) is 1. The van der Waals surface area contributed by atoms with E-state index in [1.165, 1.54) is 0 Å². The van der Waals surface area contributed by atoms with Gasteiger partial charge in [0.25, 0.3) is 0 Å². The summed E-state index contributed by atoms with van der Waals surface area (Å²) in [4.78, 5) is 13.6. The molecule has 0 saturated heterocycles.